The highest BCUT2D eigenvalue weighted by atomic mass is 79.9. The molecule has 0 aliphatic heterocycles. The van der Waals surface area contributed by atoms with Crippen molar-refractivity contribution in [2.75, 3.05) is 0 Å². The summed E-state index contributed by atoms with van der Waals surface area (Å²) in [4.78, 5) is 0. The van der Waals surface area contributed by atoms with Gasteiger partial charge in [-0.15, -0.1) is 0 Å². The highest BCUT2D eigenvalue weighted by molar-refractivity contribution is 9.10. The Kier molecular flexibility index (Phi) is 4.82. The Morgan fingerprint density at radius 1 is 1.39 bits per heavy atom. The van der Waals surface area contributed by atoms with Gasteiger partial charge in [-0.3, -0.25) is 11.3 Å². The molecule has 2 rings (SSSR count). The van der Waals surface area contributed by atoms with Crippen molar-refractivity contribution < 1.29 is 0 Å². The van der Waals surface area contributed by atoms with E-state index in [0.717, 1.165) is 5.92 Å². The van der Waals surface area contributed by atoms with Crippen molar-refractivity contribution in [2.24, 2.45) is 17.7 Å². The number of aryl methyl sites for hydroxylation is 1. The summed E-state index contributed by atoms with van der Waals surface area (Å²) in [6.07, 6.45) is 5.24. The Morgan fingerprint density at radius 2 is 2.17 bits per heavy atom. The molecule has 0 heterocycles. The van der Waals surface area contributed by atoms with E-state index in [2.05, 4.69) is 53.4 Å². The number of nitrogens with one attached hydrogen (secondary N) is 1. The number of hydrazine groups is 1. The van der Waals surface area contributed by atoms with Crippen LogP contribution in [-0.4, -0.2) is 0 Å². The van der Waals surface area contributed by atoms with Gasteiger partial charge in [-0.1, -0.05) is 47.8 Å². The average Bonchev–Trinajstić information content (AvgIpc) is 2.33. The van der Waals surface area contributed by atoms with Crippen LogP contribution in [0.2, 0.25) is 0 Å². The van der Waals surface area contributed by atoms with Gasteiger partial charge in [0.05, 0.1) is 0 Å². The number of rotatable bonds is 3. The molecule has 100 valence electrons. The third kappa shape index (κ3) is 3.14. The molecule has 0 saturated heterocycles. The number of halogens is 1. The van der Waals surface area contributed by atoms with Crippen LogP contribution in [0.25, 0.3) is 0 Å². The molecule has 0 aromatic heterocycles. The topological polar surface area (TPSA) is 38.0 Å². The van der Waals surface area contributed by atoms with Gasteiger partial charge in [-0.25, -0.2) is 0 Å². The molecule has 3 atom stereocenters. The summed E-state index contributed by atoms with van der Waals surface area (Å²) in [6.45, 7) is 4.46. The molecule has 1 aliphatic carbocycles. The maximum Gasteiger partial charge on any atom is 0.0499 e. The van der Waals surface area contributed by atoms with Crippen LogP contribution in [0.1, 0.15) is 49.8 Å². The first-order chi connectivity index (χ1) is 8.61. The molecule has 1 fully saturated rings. The molecule has 0 spiro atoms. The quantitative estimate of drug-likeness (QED) is 0.652. The van der Waals surface area contributed by atoms with Crippen LogP contribution < -0.4 is 11.3 Å². The zero-order valence-electron chi connectivity index (χ0n) is 11.2. The van der Waals surface area contributed by atoms with E-state index in [1.165, 1.54) is 41.3 Å². The number of benzene rings is 1. The fraction of sp³-hybridized carbons (Fsp3) is 0.600. The van der Waals surface area contributed by atoms with Crippen LogP contribution in [-0.2, 0) is 0 Å². The standard InChI is InChI=1S/C15H23BrN2/c1-10-4-3-5-12(8-10)15(18-17)13-7-6-11(2)9-14(13)16/h6-7,9-10,12,15,18H,3-5,8,17H2,1-2H3. The van der Waals surface area contributed by atoms with Crippen LogP contribution in [0.4, 0.5) is 0 Å². The number of nitrogens with two attached hydrogens (primary N) is 1. The van der Waals surface area contributed by atoms with Gasteiger partial charge in [0.15, 0.2) is 0 Å². The fourth-order valence-corrected chi connectivity index (χ4v) is 3.89. The molecule has 0 bridgehead atoms. The van der Waals surface area contributed by atoms with E-state index in [1.807, 2.05) is 0 Å². The molecule has 0 amide bonds. The molecule has 0 radical (unpaired) electrons. The molecule has 2 nitrogen and oxygen atoms in total. The lowest BCUT2D eigenvalue weighted by molar-refractivity contribution is 0.224. The van der Waals surface area contributed by atoms with Crippen LogP contribution in [0, 0.1) is 18.8 Å². The van der Waals surface area contributed by atoms with E-state index < -0.39 is 0 Å². The Bertz CT molecular complexity index is 405. The van der Waals surface area contributed by atoms with Gasteiger partial charge in [-0.2, -0.15) is 0 Å². The van der Waals surface area contributed by atoms with Gasteiger partial charge in [-0.05, 0) is 48.8 Å². The molecule has 3 N–H and O–H groups in total. The van der Waals surface area contributed by atoms with E-state index in [-0.39, 0.29) is 6.04 Å². The van der Waals surface area contributed by atoms with Crippen LogP contribution in [0.3, 0.4) is 0 Å². The van der Waals surface area contributed by atoms with Crippen LogP contribution in [0.5, 0.6) is 0 Å². The fourth-order valence-electron chi connectivity index (χ4n) is 3.15. The molecular formula is C15H23BrN2. The lowest BCUT2D eigenvalue weighted by atomic mass is 9.77. The van der Waals surface area contributed by atoms with Crippen molar-refractivity contribution in [3.8, 4) is 0 Å². The monoisotopic (exact) mass is 310 g/mol. The first-order valence-electron chi connectivity index (χ1n) is 6.84. The van der Waals surface area contributed by atoms with Crippen molar-refractivity contribution >= 4 is 15.9 Å². The van der Waals surface area contributed by atoms with E-state index >= 15 is 0 Å². The van der Waals surface area contributed by atoms with Crippen molar-refractivity contribution in [3.63, 3.8) is 0 Å². The summed E-state index contributed by atoms with van der Waals surface area (Å²) in [5, 5.41) is 0. The zero-order chi connectivity index (χ0) is 13.1. The van der Waals surface area contributed by atoms with Crippen LogP contribution >= 0.6 is 15.9 Å². The summed E-state index contributed by atoms with van der Waals surface area (Å²) >= 11 is 3.67. The first-order valence-corrected chi connectivity index (χ1v) is 7.63. The minimum atomic E-state index is 0.266. The van der Waals surface area contributed by atoms with Gasteiger partial charge in [0.2, 0.25) is 0 Å². The van der Waals surface area contributed by atoms with Gasteiger partial charge in [0, 0.05) is 10.5 Å². The van der Waals surface area contributed by atoms with Gasteiger partial charge in [0.1, 0.15) is 0 Å². The average molecular weight is 311 g/mol. The first kappa shape index (κ1) is 14.0. The number of hydrogen-bond acceptors (Lipinski definition) is 2. The second-order valence-electron chi connectivity index (χ2n) is 5.70. The molecule has 3 heteroatoms. The number of hydrogen-bond donors (Lipinski definition) is 2. The van der Waals surface area contributed by atoms with Gasteiger partial charge >= 0.3 is 0 Å². The van der Waals surface area contributed by atoms with E-state index in [0.29, 0.717) is 5.92 Å². The molecular weight excluding hydrogens is 288 g/mol. The Morgan fingerprint density at radius 3 is 2.78 bits per heavy atom. The largest absolute Gasteiger partial charge is 0.271 e. The lowest BCUT2D eigenvalue weighted by Gasteiger charge is -2.33. The lowest BCUT2D eigenvalue weighted by Crippen LogP contribution is -2.35. The maximum absolute atomic E-state index is 5.82. The summed E-state index contributed by atoms with van der Waals surface area (Å²) in [5.41, 5.74) is 5.61. The van der Waals surface area contributed by atoms with E-state index in [4.69, 9.17) is 5.84 Å². The molecule has 18 heavy (non-hydrogen) atoms. The highest BCUT2D eigenvalue weighted by Gasteiger charge is 2.28. The summed E-state index contributed by atoms with van der Waals surface area (Å²) < 4.78 is 1.17. The smallest absolute Gasteiger partial charge is 0.0499 e. The molecule has 1 aromatic carbocycles. The highest BCUT2D eigenvalue weighted by Crippen LogP contribution is 2.38. The molecule has 3 unspecified atom stereocenters. The Labute approximate surface area is 118 Å². The van der Waals surface area contributed by atoms with E-state index in [1.54, 1.807) is 0 Å². The third-order valence-electron chi connectivity index (χ3n) is 4.12. The Hall–Kier alpha value is -0.380. The normalized spacial score (nSPS) is 26.0. The second kappa shape index (κ2) is 6.18. The minimum absolute atomic E-state index is 0.266. The SMILES string of the molecule is Cc1ccc(C(NN)C2CCCC(C)C2)c(Br)c1. The molecule has 1 saturated carbocycles. The minimum Gasteiger partial charge on any atom is -0.271 e. The van der Waals surface area contributed by atoms with Crippen molar-refractivity contribution in [3.05, 3.63) is 33.8 Å². The third-order valence-corrected chi connectivity index (χ3v) is 4.81. The van der Waals surface area contributed by atoms with Crippen molar-refractivity contribution in [1.82, 2.24) is 5.43 Å². The van der Waals surface area contributed by atoms with Crippen molar-refractivity contribution in [1.29, 1.82) is 0 Å². The summed E-state index contributed by atoms with van der Waals surface area (Å²) in [6, 6.07) is 6.80. The summed E-state index contributed by atoms with van der Waals surface area (Å²) in [5.74, 6) is 7.29. The summed E-state index contributed by atoms with van der Waals surface area (Å²) in [7, 11) is 0. The predicted octanol–water partition coefficient (Wildman–Crippen LogP) is 4.09. The van der Waals surface area contributed by atoms with E-state index in [9.17, 15) is 0 Å². The molecule has 1 aromatic rings. The van der Waals surface area contributed by atoms with Crippen molar-refractivity contribution in [2.45, 2.75) is 45.6 Å². The second-order valence-corrected chi connectivity index (χ2v) is 6.56. The van der Waals surface area contributed by atoms with Gasteiger partial charge < -0.3 is 0 Å². The molecule has 1 aliphatic rings. The zero-order valence-corrected chi connectivity index (χ0v) is 12.8. The maximum atomic E-state index is 5.82. The van der Waals surface area contributed by atoms with Gasteiger partial charge in [0.25, 0.3) is 0 Å². The van der Waals surface area contributed by atoms with Crippen LogP contribution in [0.15, 0.2) is 22.7 Å². The predicted molar refractivity (Wildman–Crippen MR) is 80.1 cm³/mol. The Balaban J connectivity index is 2.21.